The van der Waals surface area contributed by atoms with Crippen LogP contribution in [0.25, 0.3) is 0 Å². The van der Waals surface area contributed by atoms with Crippen LogP contribution < -0.4 is 0 Å². The zero-order valence-electron chi connectivity index (χ0n) is 9.55. The van der Waals surface area contributed by atoms with Gasteiger partial charge in [-0.1, -0.05) is 20.8 Å². The Hall–Kier alpha value is -0.0400. The molecule has 0 heterocycles. The summed E-state index contributed by atoms with van der Waals surface area (Å²) >= 11 is 0. The molecule has 1 saturated carbocycles. The Kier molecular flexibility index (Phi) is 4.24. The summed E-state index contributed by atoms with van der Waals surface area (Å²) in [7, 11) is 1.85. The van der Waals surface area contributed by atoms with Gasteiger partial charge in [0, 0.05) is 7.11 Å². The lowest BCUT2D eigenvalue weighted by Crippen LogP contribution is -2.29. The van der Waals surface area contributed by atoms with E-state index in [9.17, 15) is 0 Å². The van der Waals surface area contributed by atoms with Crippen molar-refractivity contribution in [2.24, 2.45) is 17.8 Å². The Morgan fingerprint density at radius 1 is 1.31 bits per heavy atom. The van der Waals surface area contributed by atoms with Crippen molar-refractivity contribution < 1.29 is 4.74 Å². The van der Waals surface area contributed by atoms with Gasteiger partial charge in [0.25, 0.3) is 0 Å². The first kappa shape index (κ1) is 11.0. The third-order valence-electron chi connectivity index (χ3n) is 3.31. The van der Waals surface area contributed by atoms with Gasteiger partial charge in [-0.2, -0.15) is 0 Å². The number of methoxy groups -OCH3 is 1. The molecule has 0 aliphatic heterocycles. The van der Waals surface area contributed by atoms with E-state index in [1.807, 2.05) is 7.11 Å². The van der Waals surface area contributed by atoms with E-state index in [0.29, 0.717) is 6.10 Å². The smallest absolute Gasteiger partial charge is 0.0597 e. The van der Waals surface area contributed by atoms with E-state index in [4.69, 9.17) is 4.74 Å². The van der Waals surface area contributed by atoms with Crippen LogP contribution in [-0.4, -0.2) is 13.2 Å². The van der Waals surface area contributed by atoms with Gasteiger partial charge in [0.15, 0.2) is 0 Å². The van der Waals surface area contributed by atoms with E-state index in [2.05, 4.69) is 20.8 Å². The van der Waals surface area contributed by atoms with Crippen LogP contribution in [0.15, 0.2) is 0 Å². The van der Waals surface area contributed by atoms with Crippen molar-refractivity contribution in [1.82, 2.24) is 0 Å². The molecule has 1 nitrogen and oxygen atoms in total. The number of ether oxygens (including phenoxy) is 1. The molecule has 0 saturated heterocycles. The van der Waals surface area contributed by atoms with Gasteiger partial charge in [0.2, 0.25) is 0 Å². The van der Waals surface area contributed by atoms with Crippen molar-refractivity contribution in [3.63, 3.8) is 0 Å². The molecule has 0 bridgehead atoms. The molecule has 0 aromatic rings. The second-order valence-electron chi connectivity index (χ2n) is 5.06. The van der Waals surface area contributed by atoms with Crippen molar-refractivity contribution in [2.75, 3.05) is 7.11 Å². The van der Waals surface area contributed by atoms with E-state index in [1.54, 1.807) is 0 Å². The van der Waals surface area contributed by atoms with Gasteiger partial charge in [0.05, 0.1) is 6.10 Å². The molecule has 1 aliphatic carbocycles. The minimum absolute atomic E-state index is 0.531. The fraction of sp³-hybridized carbons (Fsp3) is 1.00. The van der Waals surface area contributed by atoms with Gasteiger partial charge in [-0.25, -0.2) is 0 Å². The van der Waals surface area contributed by atoms with Crippen LogP contribution >= 0.6 is 0 Å². The molecule has 1 fully saturated rings. The van der Waals surface area contributed by atoms with Crippen molar-refractivity contribution >= 4 is 0 Å². The first-order valence-electron chi connectivity index (χ1n) is 5.66. The largest absolute Gasteiger partial charge is 0.381 e. The standard InChI is InChI=1S/C12H24O/c1-9(2)7-11-5-6-12(13-4)10(3)8-11/h9-12H,5-8H2,1-4H3/t10-,11-,12+/m0/s1. The average Bonchev–Trinajstić information content (AvgIpc) is 2.03. The summed E-state index contributed by atoms with van der Waals surface area (Å²) in [6.45, 7) is 6.99. The molecular weight excluding hydrogens is 160 g/mol. The highest BCUT2D eigenvalue weighted by Crippen LogP contribution is 2.34. The third kappa shape index (κ3) is 3.30. The predicted molar refractivity (Wildman–Crippen MR) is 56.8 cm³/mol. The second kappa shape index (κ2) is 4.99. The van der Waals surface area contributed by atoms with Crippen molar-refractivity contribution in [2.45, 2.75) is 52.6 Å². The van der Waals surface area contributed by atoms with Crippen LogP contribution in [0.2, 0.25) is 0 Å². The predicted octanol–water partition coefficient (Wildman–Crippen LogP) is 3.48. The van der Waals surface area contributed by atoms with Crippen molar-refractivity contribution in [1.29, 1.82) is 0 Å². The Morgan fingerprint density at radius 2 is 2.00 bits per heavy atom. The maximum atomic E-state index is 5.46. The first-order valence-corrected chi connectivity index (χ1v) is 5.66. The summed E-state index contributed by atoms with van der Waals surface area (Å²) in [5.74, 6) is 2.58. The highest BCUT2D eigenvalue weighted by molar-refractivity contribution is 4.78. The molecule has 0 amide bonds. The Morgan fingerprint density at radius 3 is 2.46 bits per heavy atom. The molecule has 1 heteroatoms. The summed E-state index contributed by atoms with van der Waals surface area (Å²) in [5, 5.41) is 0. The Labute approximate surface area is 82.9 Å². The van der Waals surface area contributed by atoms with Gasteiger partial charge in [-0.15, -0.1) is 0 Å². The van der Waals surface area contributed by atoms with Gasteiger partial charge >= 0.3 is 0 Å². The lowest BCUT2D eigenvalue weighted by molar-refractivity contribution is 0.0123. The van der Waals surface area contributed by atoms with Crippen molar-refractivity contribution in [3.05, 3.63) is 0 Å². The third-order valence-corrected chi connectivity index (χ3v) is 3.31. The van der Waals surface area contributed by atoms with Crippen LogP contribution in [0.4, 0.5) is 0 Å². The van der Waals surface area contributed by atoms with Crippen LogP contribution in [0, 0.1) is 17.8 Å². The molecule has 3 atom stereocenters. The summed E-state index contributed by atoms with van der Waals surface area (Å²) in [6.07, 6.45) is 5.96. The minimum Gasteiger partial charge on any atom is -0.381 e. The van der Waals surface area contributed by atoms with Crippen LogP contribution in [-0.2, 0) is 4.74 Å². The van der Waals surface area contributed by atoms with E-state index < -0.39 is 0 Å². The molecule has 1 aliphatic rings. The molecule has 0 spiro atoms. The van der Waals surface area contributed by atoms with E-state index in [0.717, 1.165) is 17.8 Å². The lowest BCUT2D eigenvalue weighted by atomic mass is 9.77. The van der Waals surface area contributed by atoms with E-state index in [-0.39, 0.29) is 0 Å². The number of hydrogen-bond donors (Lipinski definition) is 0. The van der Waals surface area contributed by atoms with Crippen molar-refractivity contribution in [3.8, 4) is 0 Å². The zero-order chi connectivity index (χ0) is 9.84. The first-order chi connectivity index (χ1) is 6.13. The highest BCUT2D eigenvalue weighted by Gasteiger charge is 2.27. The second-order valence-corrected chi connectivity index (χ2v) is 5.06. The molecule has 0 unspecified atom stereocenters. The maximum Gasteiger partial charge on any atom is 0.0597 e. The number of hydrogen-bond acceptors (Lipinski definition) is 1. The molecule has 78 valence electrons. The lowest BCUT2D eigenvalue weighted by Gasteiger charge is -2.34. The molecule has 0 aromatic heterocycles. The fourth-order valence-corrected chi connectivity index (χ4v) is 2.71. The highest BCUT2D eigenvalue weighted by atomic mass is 16.5. The quantitative estimate of drug-likeness (QED) is 0.652. The summed E-state index contributed by atoms with van der Waals surface area (Å²) in [4.78, 5) is 0. The van der Waals surface area contributed by atoms with E-state index in [1.165, 1.54) is 25.7 Å². The van der Waals surface area contributed by atoms with E-state index >= 15 is 0 Å². The summed E-state index contributed by atoms with van der Waals surface area (Å²) in [6, 6.07) is 0. The monoisotopic (exact) mass is 184 g/mol. The topological polar surface area (TPSA) is 9.23 Å². The summed E-state index contributed by atoms with van der Waals surface area (Å²) in [5.41, 5.74) is 0. The van der Waals surface area contributed by atoms with Gasteiger partial charge in [-0.05, 0) is 43.4 Å². The Bertz CT molecular complexity index is 142. The molecule has 13 heavy (non-hydrogen) atoms. The van der Waals surface area contributed by atoms with Gasteiger partial charge in [-0.3, -0.25) is 0 Å². The minimum atomic E-state index is 0.531. The van der Waals surface area contributed by atoms with Crippen LogP contribution in [0.5, 0.6) is 0 Å². The SMILES string of the molecule is CO[C@@H]1CC[C@@H](CC(C)C)C[C@@H]1C. The number of rotatable bonds is 3. The average molecular weight is 184 g/mol. The van der Waals surface area contributed by atoms with Crippen LogP contribution in [0.1, 0.15) is 46.5 Å². The maximum absolute atomic E-state index is 5.46. The van der Waals surface area contributed by atoms with Gasteiger partial charge in [0.1, 0.15) is 0 Å². The Balaban J connectivity index is 2.32. The molecule has 0 N–H and O–H groups in total. The summed E-state index contributed by atoms with van der Waals surface area (Å²) < 4.78 is 5.46. The molecule has 1 rings (SSSR count). The van der Waals surface area contributed by atoms with Gasteiger partial charge < -0.3 is 4.74 Å². The molecular formula is C12H24O. The van der Waals surface area contributed by atoms with Crippen LogP contribution in [0.3, 0.4) is 0 Å². The zero-order valence-corrected chi connectivity index (χ0v) is 9.55. The molecule has 0 radical (unpaired) electrons. The normalized spacial score (nSPS) is 35.3. The molecule has 0 aromatic carbocycles. The fourth-order valence-electron chi connectivity index (χ4n) is 2.71.